The SMILES string of the molecule is N#CC(O)C(O)c1cnc(Cl)c([N+](=O)[O-])c1. The molecule has 0 saturated carbocycles. The number of nitriles is 1. The third-order valence-electron chi connectivity index (χ3n) is 1.81. The van der Waals surface area contributed by atoms with Crippen LogP contribution in [-0.4, -0.2) is 26.2 Å². The van der Waals surface area contributed by atoms with Crippen molar-refractivity contribution in [1.82, 2.24) is 4.98 Å². The minimum atomic E-state index is -1.68. The van der Waals surface area contributed by atoms with Gasteiger partial charge in [0.05, 0.1) is 11.0 Å². The molecular formula is C8H6ClN3O4. The van der Waals surface area contributed by atoms with E-state index in [1.54, 1.807) is 0 Å². The molecule has 1 heterocycles. The van der Waals surface area contributed by atoms with Crippen molar-refractivity contribution >= 4 is 17.3 Å². The summed E-state index contributed by atoms with van der Waals surface area (Å²) in [5.41, 5.74) is -0.548. The first kappa shape index (κ1) is 12.3. The highest BCUT2D eigenvalue weighted by Crippen LogP contribution is 2.26. The zero-order valence-corrected chi connectivity index (χ0v) is 8.50. The maximum absolute atomic E-state index is 10.5. The number of nitro groups is 1. The number of aromatic nitrogens is 1. The van der Waals surface area contributed by atoms with Crippen molar-refractivity contribution in [3.8, 4) is 6.07 Å². The van der Waals surface area contributed by atoms with Gasteiger partial charge in [0.1, 0.15) is 6.10 Å². The van der Waals surface area contributed by atoms with Gasteiger partial charge < -0.3 is 10.2 Å². The highest BCUT2D eigenvalue weighted by Gasteiger charge is 2.22. The van der Waals surface area contributed by atoms with E-state index in [0.717, 1.165) is 12.3 Å². The summed E-state index contributed by atoms with van der Waals surface area (Å²) in [6.45, 7) is 0. The Morgan fingerprint density at radius 3 is 2.75 bits per heavy atom. The number of hydrogen-bond donors (Lipinski definition) is 2. The maximum atomic E-state index is 10.5. The van der Waals surface area contributed by atoms with Gasteiger partial charge >= 0.3 is 5.69 Å². The number of halogens is 1. The Hall–Kier alpha value is -1.75. The Balaban J connectivity index is 3.13. The third-order valence-corrected chi connectivity index (χ3v) is 2.10. The van der Waals surface area contributed by atoms with Gasteiger partial charge in [0.2, 0.25) is 5.15 Å². The maximum Gasteiger partial charge on any atom is 0.306 e. The lowest BCUT2D eigenvalue weighted by molar-refractivity contribution is -0.385. The average Bonchev–Trinajstić information content (AvgIpc) is 2.27. The molecule has 1 aromatic heterocycles. The van der Waals surface area contributed by atoms with Crippen LogP contribution >= 0.6 is 11.6 Å². The number of hydrogen-bond acceptors (Lipinski definition) is 6. The number of pyridine rings is 1. The Labute approximate surface area is 94.7 Å². The van der Waals surface area contributed by atoms with E-state index in [-0.39, 0.29) is 10.7 Å². The molecule has 0 aliphatic rings. The van der Waals surface area contributed by atoms with Crippen molar-refractivity contribution in [3.05, 3.63) is 33.1 Å². The largest absolute Gasteiger partial charge is 0.384 e. The van der Waals surface area contributed by atoms with E-state index in [4.69, 9.17) is 22.0 Å². The predicted molar refractivity (Wildman–Crippen MR) is 52.5 cm³/mol. The molecule has 0 amide bonds. The monoisotopic (exact) mass is 243 g/mol. The van der Waals surface area contributed by atoms with Crippen molar-refractivity contribution in [2.75, 3.05) is 0 Å². The molecule has 2 atom stereocenters. The molecular weight excluding hydrogens is 238 g/mol. The Bertz CT molecular complexity index is 459. The summed E-state index contributed by atoms with van der Waals surface area (Å²) in [5.74, 6) is 0. The van der Waals surface area contributed by atoms with Crippen LogP contribution in [0.1, 0.15) is 11.7 Å². The molecule has 8 heteroatoms. The van der Waals surface area contributed by atoms with Crippen LogP contribution in [0.15, 0.2) is 12.3 Å². The van der Waals surface area contributed by atoms with Crippen molar-refractivity contribution in [2.45, 2.75) is 12.2 Å². The second kappa shape index (κ2) is 4.85. The van der Waals surface area contributed by atoms with E-state index in [1.165, 1.54) is 6.07 Å². The van der Waals surface area contributed by atoms with E-state index < -0.39 is 22.8 Å². The zero-order valence-electron chi connectivity index (χ0n) is 7.74. The molecule has 1 aromatic rings. The molecule has 0 aromatic carbocycles. The number of rotatable bonds is 3. The van der Waals surface area contributed by atoms with E-state index in [1.807, 2.05) is 0 Å². The van der Waals surface area contributed by atoms with Gasteiger partial charge in [0, 0.05) is 17.8 Å². The van der Waals surface area contributed by atoms with Crippen molar-refractivity contribution in [2.24, 2.45) is 0 Å². The van der Waals surface area contributed by atoms with Crippen molar-refractivity contribution < 1.29 is 15.1 Å². The molecule has 0 fully saturated rings. The lowest BCUT2D eigenvalue weighted by Gasteiger charge is -2.11. The summed E-state index contributed by atoms with van der Waals surface area (Å²) in [5, 5.41) is 37.0. The standard InChI is InChI=1S/C8H6ClN3O4/c9-8-5(12(15)16)1-4(3-11-8)7(14)6(13)2-10/h1,3,6-7,13-14H. The minimum absolute atomic E-state index is 0.0508. The second-order valence-corrected chi connectivity index (χ2v) is 3.21. The van der Waals surface area contributed by atoms with Crippen LogP contribution in [0.25, 0.3) is 0 Å². The molecule has 7 nitrogen and oxygen atoms in total. The van der Waals surface area contributed by atoms with Crippen LogP contribution in [0.2, 0.25) is 5.15 Å². The van der Waals surface area contributed by atoms with E-state index in [2.05, 4.69) is 4.98 Å². The summed E-state index contributed by atoms with van der Waals surface area (Å²) in [6, 6.07) is 2.36. The molecule has 0 saturated heterocycles. The Morgan fingerprint density at radius 1 is 1.62 bits per heavy atom. The predicted octanol–water partition coefficient (Wildman–Crippen LogP) is 0.561. The van der Waals surface area contributed by atoms with Crippen molar-refractivity contribution in [3.63, 3.8) is 0 Å². The Kier molecular flexibility index (Phi) is 3.73. The van der Waals surface area contributed by atoms with Gasteiger partial charge in [-0.2, -0.15) is 5.26 Å². The van der Waals surface area contributed by atoms with Crippen molar-refractivity contribution in [1.29, 1.82) is 5.26 Å². The molecule has 0 spiro atoms. The van der Waals surface area contributed by atoms with E-state index >= 15 is 0 Å². The van der Waals surface area contributed by atoms with Crippen LogP contribution in [0.5, 0.6) is 0 Å². The van der Waals surface area contributed by atoms with Gasteiger partial charge in [-0.3, -0.25) is 10.1 Å². The van der Waals surface area contributed by atoms with Gasteiger partial charge in [0.25, 0.3) is 0 Å². The average molecular weight is 244 g/mol. The molecule has 0 aliphatic heterocycles. The van der Waals surface area contributed by atoms with Crippen LogP contribution in [0.3, 0.4) is 0 Å². The van der Waals surface area contributed by atoms with Gasteiger partial charge in [0.15, 0.2) is 6.10 Å². The minimum Gasteiger partial charge on any atom is -0.384 e. The fourth-order valence-corrected chi connectivity index (χ4v) is 1.17. The van der Waals surface area contributed by atoms with E-state index in [9.17, 15) is 15.2 Å². The molecule has 0 aliphatic carbocycles. The quantitative estimate of drug-likeness (QED) is 0.346. The first-order chi connectivity index (χ1) is 7.47. The molecule has 0 radical (unpaired) electrons. The van der Waals surface area contributed by atoms with E-state index in [0.29, 0.717) is 0 Å². The Morgan fingerprint density at radius 2 is 2.25 bits per heavy atom. The number of aliphatic hydroxyl groups is 2. The first-order valence-corrected chi connectivity index (χ1v) is 4.40. The van der Waals surface area contributed by atoms with Gasteiger partial charge in [-0.1, -0.05) is 11.6 Å². The zero-order chi connectivity index (χ0) is 12.3. The summed E-state index contributed by atoms with van der Waals surface area (Å²) >= 11 is 5.45. The highest BCUT2D eigenvalue weighted by atomic mass is 35.5. The summed E-state index contributed by atoms with van der Waals surface area (Å²) in [6.07, 6.45) is -2.18. The topological polar surface area (TPSA) is 120 Å². The molecule has 2 unspecified atom stereocenters. The molecule has 0 bridgehead atoms. The molecule has 84 valence electrons. The number of nitrogens with zero attached hydrogens (tertiary/aromatic N) is 3. The van der Waals surface area contributed by atoms with Gasteiger partial charge in [-0.15, -0.1) is 0 Å². The number of aliphatic hydroxyl groups excluding tert-OH is 2. The summed E-state index contributed by atoms with van der Waals surface area (Å²) in [7, 11) is 0. The normalized spacial score (nSPS) is 13.9. The van der Waals surface area contributed by atoms with Crippen LogP contribution in [0.4, 0.5) is 5.69 Å². The highest BCUT2D eigenvalue weighted by molar-refractivity contribution is 6.31. The fourth-order valence-electron chi connectivity index (χ4n) is 0.995. The molecule has 1 rings (SSSR count). The summed E-state index contributed by atoms with van der Waals surface area (Å²) in [4.78, 5) is 13.2. The van der Waals surface area contributed by atoms with Crippen LogP contribution in [-0.2, 0) is 0 Å². The van der Waals surface area contributed by atoms with Crippen LogP contribution < -0.4 is 0 Å². The van der Waals surface area contributed by atoms with Gasteiger partial charge in [-0.05, 0) is 0 Å². The lowest BCUT2D eigenvalue weighted by atomic mass is 10.1. The summed E-state index contributed by atoms with van der Waals surface area (Å²) < 4.78 is 0. The molecule has 2 N–H and O–H groups in total. The smallest absolute Gasteiger partial charge is 0.306 e. The third kappa shape index (κ3) is 2.43. The van der Waals surface area contributed by atoms with Crippen LogP contribution in [0, 0.1) is 21.4 Å². The second-order valence-electron chi connectivity index (χ2n) is 2.85. The molecule has 16 heavy (non-hydrogen) atoms. The fraction of sp³-hybridized carbons (Fsp3) is 0.250. The lowest BCUT2D eigenvalue weighted by Crippen LogP contribution is -2.16. The van der Waals surface area contributed by atoms with Gasteiger partial charge in [-0.25, -0.2) is 4.98 Å². The first-order valence-electron chi connectivity index (χ1n) is 4.03.